The van der Waals surface area contributed by atoms with E-state index in [0.29, 0.717) is 12.2 Å². The first kappa shape index (κ1) is 7.74. The van der Waals surface area contributed by atoms with Gasteiger partial charge in [-0.3, -0.25) is 9.78 Å². The molecule has 1 aromatic heterocycles. The van der Waals surface area contributed by atoms with Crippen LogP contribution in [0.4, 0.5) is 5.95 Å². The Balaban J connectivity index is 2.99. The second-order valence-corrected chi connectivity index (χ2v) is 2.15. The maximum atomic E-state index is 10.8. The number of hydrogen-bond acceptors (Lipinski definition) is 4. The number of anilines is 1. The lowest BCUT2D eigenvalue weighted by atomic mass is 10.4. The van der Waals surface area contributed by atoms with E-state index in [4.69, 9.17) is 5.73 Å². The van der Waals surface area contributed by atoms with Gasteiger partial charge in [-0.2, -0.15) is 0 Å². The highest BCUT2D eigenvalue weighted by Gasteiger charge is 1.95. The van der Waals surface area contributed by atoms with Crippen LogP contribution < -0.4 is 16.6 Å². The van der Waals surface area contributed by atoms with Crippen LogP contribution in [-0.2, 0) is 6.54 Å². The SMILES string of the molecule is CNCc1cc(=O)[nH]c(N)n1. The van der Waals surface area contributed by atoms with Gasteiger partial charge in [0.25, 0.3) is 5.56 Å². The maximum absolute atomic E-state index is 10.8. The van der Waals surface area contributed by atoms with Crippen molar-refractivity contribution in [3.05, 3.63) is 22.1 Å². The van der Waals surface area contributed by atoms with E-state index in [0.717, 1.165) is 0 Å². The average molecular weight is 154 g/mol. The predicted molar refractivity (Wildman–Crippen MR) is 42.0 cm³/mol. The summed E-state index contributed by atoms with van der Waals surface area (Å²) in [5, 5.41) is 2.87. The molecule has 0 aliphatic heterocycles. The van der Waals surface area contributed by atoms with Crippen LogP contribution in [0.1, 0.15) is 5.69 Å². The van der Waals surface area contributed by atoms with Crippen molar-refractivity contribution < 1.29 is 0 Å². The minimum Gasteiger partial charge on any atom is -0.369 e. The van der Waals surface area contributed by atoms with Crippen LogP contribution in [0.3, 0.4) is 0 Å². The van der Waals surface area contributed by atoms with Crippen LogP contribution in [0.5, 0.6) is 0 Å². The summed E-state index contributed by atoms with van der Waals surface area (Å²) in [6, 6.07) is 1.41. The van der Waals surface area contributed by atoms with Gasteiger partial charge in [0, 0.05) is 12.6 Å². The molecule has 0 aliphatic rings. The lowest BCUT2D eigenvalue weighted by Crippen LogP contribution is -2.15. The molecule has 0 aromatic carbocycles. The van der Waals surface area contributed by atoms with Crippen LogP contribution >= 0.6 is 0 Å². The smallest absolute Gasteiger partial charge is 0.252 e. The van der Waals surface area contributed by atoms with E-state index in [9.17, 15) is 4.79 Å². The highest BCUT2D eigenvalue weighted by atomic mass is 16.1. The second kappa shape index (κ2) is 3.16. The number of H-pyrrole nitrogens is 1. The number of aromatic nitrogens is 2. The van der Waals surface area contributed by atoms with Gasteiger partial charge in [-0.15, -0.1) is 0 Å². The molecule has 0 saturated carbocycles. The van der Waals surface area contributed by atoms with Crippen molar-refractivity contribution in [2.24, 2.45) is 0 Å². The first-order valence-electron chi connectivity index (χ1n) is 3.22. The normalized spacial score (nSPS) is 9.91. The van der Waals surface area contributed by atoms with Gasteiger partial charge in [-0.05, 0) is 7.05 Å². The second-order valence-electron chi connectivity index (χ2n) is 2.15. The molecule has 0 unspecified atom stereocenters. The lowest BCUT2D eigenvalue weighted by Gasteiger charge is -1.98. The van der Waals surface area contributed by atoms with Crippen molar-refractivity contribution in [2.45, 2.75) is 6.54 Å². The van der Waals surface area contributed by atoms with Crippen LogP contribution in [0, 0.1) is 0 Å². The topological polar surface area (TPSA) is 83.8 Å². The van der Waals surface area contributed by atoms with E-state index in [1.807, 2.05) is 0 Å². The fourth-order valence-electron chi connectivity index (χ4n) is 0.800. The zero-order valence-electron chi connectivity index (χ0n) is 6.22. The molecule has 60 valence electrons. The van der Waals surface area contributed by atoms with Gasteiger partial charge in [0.05, 0.1) is 5.69 Å². The molecule has 0 spiro atoms. The Morgan fingerprint density at radius 1 is 1.82 bits per heavy atom. The van der Waals surface area contributed by atoms with E-state index >= 15 is 0 Å². The van der Waals surface area contributed by atoms with Gasteiger partial charge in [0.2, 0.25) is 5.95 Å². The molecule has 1 rings (SSSR count). The molecule has 0 radical (unpaired) electrons. The van der Waals surface area contributed by atoms with Crippen molar-refractivity contribution in [2.75, 3.05) is 12.8 Å². The van der Waals surface area contributed by atoms with Crippen molar-refractivity contribution >= 4 is 5.95 Å². The first-order valence-corrected chi connectivity index (χ1v) is 3.22. The predicted octanol–water partition coefficient (Wildman–Crippen LogP) is -0.928. The molecule has 4 N–H and O–H groups in total. The Labute approximate surface area is 63.7 Å². The third kappa shape index (κ3) is 2.05. The van der Waals surface area contributed by atoms with Crippen LogP contribution in [-0.4, -0.2) is 17.0 Å². The van der Waals surface area contributed by atoms with Gasteiger partial charge in [-0.25, -0.2) is 4.98 Å². The van der Waals surface area contributed by atoms with E-state index in [1.165, 1.54) is 6.07 Å². The number of rotatable bonds is 2. The third-order valence-corrected chi connectivity index (χ3v) is 1.17. The third-order valence-electron chi connectivity index (χ3n) is 1.17. The summed E-state index contributed by atoms with van der Waals surface area (Å²) >= 11 is 0. The van der Waals surface area contributed by atoms with Crippen molar-refractivity contribution in [3.8, 4) is 0 Å². The lowest BCUT2D eigenvalue weighted by molar-refractivity contribution is 0.786. The molecule has 1 aromatic rings. The summed E-state index contributed by atoms with van der Waals surface area (Å²) < 4.78 is 0. The molecule has 5 nitrogen and oxygen atoms in total. The highest BCUT2D eigenvalue weighted by Crippen LogP contribution is 1.90. The number of nitrogens with two attached hydrogens (primary N) is 1. The van der Waals surface area contributed by atoms with Gasteiger partial charge in [-0.1, -0.05) is 0 Å². The Hall–Kier alpha value is -1.36. The van der Waals surface area contributed by atoms with Gasteiger partial charge >= 0.3 is 0 Å². The van der Waals surface area contributed by atoms with Crippen molar-refractivity contribution in [1.29, 1.82) is 0 Å². The summed E-state index contributed by atoms with van der Waals surface area (Å²) in [6.45, 7) is 0.550. The van der Waals surface area contributed by atoms with Crippen LogP contribution in [0.15, 0.2) is 10.9 Å². The van der Waals surface area contributed by atoms with E-state index in [-0.39, 0.29) is 11.5 Å². The highest BCUT2D eigenvalue weighted by molar-refractivity contribution is 5.17. The molecule has 1 heterocycles. The molecular weight excluding hydrogens is 144 g/mol. The first-order chi connectivity index (χ1) is 5.22. The molecule has 5 heteroatoms. The minimum absolute atomic E-state index is 0.155. The molecule has 0 bridgehead atoms. The zero-order chi connectivity index (χ0) is 8.27. The monoisotopic (exact) mass is 154 g/mol. The summed E-state index contributed by atoms with van der Waals surface area (Å²) in [7, 11) is 1.78. The van der Waals surface area contributed by atoms with Gasteiger partial charge < -0.3 is 11.1 Å². The quantitative estimate of drug-likeness (QED) is 0.514. The molecular formula is C6H10N4O. The fourth-order valence-corrected chi connectivity index (χ4v) is 0.800. The van der Waals surface area contributed by atoms with Gasteiger partial charge in [0.15, 0.2) is 0 Å². The molecule has 0 saturated heterocycles. The molecule has 0 amide bonds. The number of nitrogens with one attached hydrogen (secondary N) is 2. The Morgan fingerprint density at radius 3 is 3.09 bits per heavy atom. The maximum Gasteiger partial charge on any atom is 0.252 e. The summed E-state index contributed by atoms with van der Waals surface area (Å²) in [5.41, 5.74) is 5.72. The number of hydrogen-bond donors (Lipinski definition) is 3. The van der Waals surface area contributed by atoms with E-state index < -0.39 is 0 Å². The summed E-state index contributed by atoms with van der Waals surface area (Å²) in [6.07, 6.45) is 0. The number of nitrogens with zero attached hydrogens (tertiary/aromatic N) is 1. The van der Waals surface area contributed by atoms with Crippen molar-refractivity contribution in [3.63, 3.8) is 0 Å². The van der Waals surface area contributed by atoms with Crippen LogP contribution in [0.2, 0.25) is 0 Å². The molecule has 11 heavy (non-hydrogen) atoms. The largest absolute Gasteiger partial charge is 0.369 e. The number of aromatic amines is 1. The van der Waals surface area contributed by atoms with E-state index in [1.54, 1.807) is 7.05 Å². The Kier molecular flexibility index (Phi) is 2.22. The Bertz CT molecular complexity index is 293. The fraction of sp³-hybridized carbons (Fsp3) is 0.333. The molecule has 0 atom stereocenters. The standard InChI is InChI=1S/C6H10N4O/c1-8-3-4-2-5(11)10-6(7)9-4/h2,8H,3H2,1H3,(H3,7,9,10,11). The zero-order valence-corrected chi connectivity index (χ0v) is 6.22. The Morgan fingerprint density at radius 2 is 2.55 bits per heavy atom. The average Bonchev–Trinajstić information content (AvgIpc) is 1.85. The molecule has 0 fully saturated rings. The summed E-state index contributed by atoms with van der Waals surface area (Å²) in [4.78, 5) is 17.0. The van der Waals surface area contributed by atoms with Crippen molar-refractivity contribution in [1.82, 2.24) is 15.3 Å². The number of nitrogen functional groups attached to an aromatic ring is 1. The van der Waals surface area contributed by atoms with E-state index in [2.05, 4.69) is 15.3 Å². The minimum atomic E-state index is -0.220. The van der Waals surface area contributed by atoms with Crippen LogP contribution in [0.25, 0.3) is 0 Å². The van der Waals surface area contributed by atoms with Gasteiger partial charge in [0.1, 0.15) is 0 Å². The summed E-state index contributed by atoms with van der Waals surface area (Å²) in [5.74, 6) is 0.155. The molecule has 0 aliphatic carbocycles.